The molecule has 2 aliphatic rings. The number of piperazine rings is 1. The van der Waals surface area contributed by atoms with Gasteiger partial charge in [0.1, 0.15) is 11.3 Å². The maximum atomic E-state index is 10.2. The molecule has 5 rings (SSSR count). The van der Waals surface area contributed by atoms with E-state index in [-0.39, 0.29) is 6.61 Å². The van der Waals surface area contributed by atoms with E-state index in [2.05, 4.69) is 43.0 Å². The zero-order valence-electron chi connectivity index (χ0n) is 21.1. The largest absolute Gasteiger partial charge is 0.395 e. The fraction of sp³-hybridized carbons (Fsp3) is 0.538. The second kappa shape index (κ2) is 11.0. The molecule has 5 heterocycles. The topological polar surface area (TPSA) is 114 Å². The molecular weight excluding hydrogens is 456 g/mol. The quantitative estimate of drug-likeness (QED) is 0.432. The Morgan fingerprint density at radius 2 is 1.86 bits per heavy atom. The van der Waals surface area contributed by atoms with Crippen LogP contribution in [-0.2, 0) is 6.54 Å². The van der Waals surface area contributed by atoms with Gasteiger partial charge < -0.3 is 20.4 Å². The van der Waals surface area contributed by atoms with Crippen molar-refractivity contribution in [2.45, 2.75) is 32.9 Å². The number of pyridine rings is 2. The van der Waals surface area contributed by atoms with E-state index in [1.165, 1.54) is 0 Å². The van der Waals surface area contributed by atoms with E-state index in [4.69, 9.17) is 15.1 Å². The Kier molecular flexibility index (Phi) is 7.56. The zero-order valence-corrected chi connectivity index (χ0v) is 21.1. The number of aromatic nitrogens is 4. The van der Waals surface area contributed by atoms with Crippen molar-refractivity contribution in [1.29, 1.82) is 0 Å². The maximum Gasteiger partial charge on any atom is 0.229 e. The number of fused-ring (bicyclic) bond motifs is 1. The van der Waals surface area contributed by atoms with E-state index in [1.807, 2.05) is 18.3 Å². The number of hydrogen-bond donors (Lipinski definition) is 3. The van der Waals surface area contributed by atoms with E-state index in [0.717, 1.165) is 81.1 Å². The lowest BCUT2D eigenvalue weighted by Gasteiger charge is -2.34. The number of β-amino-alcohol motifs (C(OH)–C–C–N with tert-alkyl or cyclic N) is 1. The number of nitrogens with zero attached hydrogens (tertiary/aromatic N) is 7. The van der Waals surface area contributed by atoms with Gasteiger partial charge in [-0.1, -0.05) is 13.0 Å². The predicted octanol–water partition coefficient (Wildman–Crippen LogP) is 2.17. The van der Waals surface area contributed by atoms with Crippen molar-refractivity contribution in [2.24, 2.45) is 5.92 Å². The smallest absolute Gasteiger partial charge is 0.229 e. The Balaban J connectivity index is 1.29. The molecule has 192 valence electrons. The van der Waals surface area contributed by atoms with Crippen molar-refractivity contribution in [1.82, 2.24) is 29.7 Å². The van der Waals surface area contributed by atoms with Crippen LogP contribution >= 0.6 is 0 Å². The van der Waals surface area contributed by atoms with Gasteiger partial charge in [0, 0.05) is 70.1 Å². The Labute approximate surface area is 212 Å². The van der Waals surface area contributed by atoms with Crippen LogP contribution in [0.15, 0.2) is 30.6 Å². The third-order valence-electron chi connectivity index (χ3n) is 7.07. The number of hydrogen-bond acceptors (Lipinski definition) is 10. The van der Waals surface area contributed by atoms with Gasteiger partial charge in [0.25, 0.3) is 0 Å². The third-order valence-corrected chi connectivity index (χ3v) is 7.07. The van der Waals surface area contributed by atoms with Gasteiger partial charge in [0.15, 0.2) is 5.82 Å². The van der Waals surface area contributed by atoms with Crippen molar-refractivity contribution in [3.8, 4) is 0 Å². The first kappa shape index (κ1) is 24.8. The fourth-order valence-electron chi connectivity index (χ4n) is 4.94. The number of aliphatic hydroxyl groups excluding tert-OH is 2. The van der Waals surface area contributed by atoms with Gasteiger partial charge in [-0.25, -0.2) is 19.9 Å². The van der Waals surface area contributed by atoms with Crippen molar-refractivity contribution >= 4 is 28.5 Å². The molecule has 2 saturated heterocycles. The summed E-state index contributed by atoms with van der Waals surface area (Å²) in [4.78, 5) is 25.6. The minimum atomic E-state index is -0.655. The van der Waals surface area contributed by atoms with Gasteiger partial charge in [0.05, 0.1) is 18.4 Å². The van der Waals surface area contributed by atoms with Crippen LogP contribution in [0.25, 0.3) is 10.9 Å². The van der Waals surface area contributed by atoms with Crippen LogP contribution in [0.3, 0.4) is 0 Å². The predicted molar refractivity (Wildman–Crippen MR) is 140 cm³/mol. The Bertz CT molecular complexity index is 1160. The molecule has 0 spiro atoms. The molecule has 0 aromatic carbocycles. The maximum absolute atomic E-state index is 10.2. The molecule has 2 atom stereocenters. The minimum absolute atomic E-state index is 0.220. The molecular formula is C26H36N8O2. The molecule has 0 amide bonds. The Morgan fingerprint density at radius 3 is 2.53 bits per heavy atom. The normalized spacial score (nSPS) is 20.2. The van der Waals surface area contributed by atoms with E-state index in [0.29, 0.717) is 23.4 Å². The lowest BCUT2D eigenvalue weighted by atomic mass is 10.2. The SMILES string of the molecule is C[C@H]1CCN(c2nc([C@@H](C)O)cc3cnc(Nc4ccc(CN5CCN(CCO)CC5)cn4)nc23)C1. The molecule has 3 aromatic heterocycles. The second-order valence-corrected chi connectivity index (χ2v) is 10.0. The summed E-state index contributed by atoms with van der Waals surface area (Å²) >= 11 is 0. The lowest BCUT2D eigenvalue weighted by Crippen LogP contribution is -2.46. The first-order valence-corrected chi connectivity index (χ1v) is 12.9. The Hall–Kier alpha value is -2.92. The molecule has 36 heavy (non-hydrogen) atoms. The van der Waals surface area contributed by atoms with Crippen LogP contribution in [-0.4, -0.2) is 92.4 Å². The first-order chi connectivity index (χ1) is 17.5. The molecule has 10 heteroatoms. The average Bonchev–Trinajstić information content (AvgIpc) is 3.32. The molecule has 0 aliphatic carbocycles. The molecule has 2 fully saturated rings. The number of rotatable bonds is 8. The van der Waals surface area contributed by atoms with Crippen molar-refractivity contribution in [3.05, 3.63) is 41.9 Å². The molecule has 3 N–H and O–H groups in total. The van der Waals surface area contributed by atoms with Crippen molar-refractivity contribution in [2.75, 3.05) is 62.6 Å². The molecule has 0 saturated carbocycles. The average molecular weight is 493 g/mol. The number of anilines is 3. The highest BCUT2D eigenvalue weighted by atomic mass is 16.3. The van der Waals surface area contributed by atoms with Crippen LogP contribution in [0.2, 0.25) is 0 Å². The Morgan fingerprint density at radius 1 is 1.06 bits per heavy atom. The first-order valence-electron chi connectivity index (χ1n) is 12.9. The van der Waals surface area contributed by atoms with Crippen molar-refractivity contribution < 1.29 is 10.2 Å². The molecule has 2 aliphatic heterocycles. The third kappa shape index (κ3) is 5.73. The molecule has 0 radical (unpaired) electrons. The number of aliphatic hydroxyl groups is 2. The van der Waals surface area contributed by atoms with Gasteiger partial charge in [-0.05, 0) is 37.0 Å². The highest BCUT2D eigenvalue weighted by Gasteiger charge is 2.24. The van der Waals surface area contributed by atoms with Crippen LogP contribution in [0.4, 0.5) is 17.6 Å². The summed E-state index contributed by atoms with van der Waals surface area (Å²) in [5.74, 6) is 2.57. The van der Waals surface area contributed by atoms with Gasteiger partial charge in [-0.15, -0.1) is 0 Å². The highest BCUT2D eigenvalue weighted by Crippen LogP contribution is 2.31. The summed E-state index contributed by atoms with van der Waals surface area (Å²) in [7, 11) is 0. The summed E-state index contributed by atoms with van der Waals surface area (Å²) < 4.78 is 0. The molecule has 0 bridgehead atoms. The van der Waals surface area contributed by atoms with Gasteiger partial charge >= 0.3 is 0 Å². The standard InChI is InChI=1S/C26H36N8O2/c1-18-5-6-34(16-18)25-24-21(13-22(29-25)19(2)36)15-28-26(31-24)30-23-4-3-20(14-27-23)17-33-9-7-32(8-10-33)11-12-35/h3-4,13-15,18-19,35-36H,5-12,16-17H2,1-2H3,(H,27,28,30,31)/t18-,19+/m0/s1. The summed E-state index contributed by atoms with van der Waals surface area (Å²) in [5, 5.41) is 23.4. The van der Waals surface area contributed by atoms with E-state index >= 15 is 0 Å². The lowest BCUT2D eigenvalue weighted by molar-refractivity contribution is 0.108. The zero-order chi connectivity index (χ0) is 25.1. The molecule has 3 aromatic rings. The van der Waals surface area contributed by atoms with E-state index in [1.54, 1.807) is 13.1 Å². The monoisotopic (exact) mass is 492 g/mol. The summed E-state index contributed by atoms with van der Waals surface area (Å²) in [5.41, 5.74) is 2.58. The van der Waals surface area contributed by atoms with Crippen LogP contribution in [0, 0.1) is 5.92 Å². The van der Waals surface area contributed by atoms with Gasteiger partial charge in [0.2, 0.25) is 5.95 Å². The highest BCUT2D eigenvalue weighted by molar-refractivity contribution is 5.89. The summed E-state index contributed by atoms with van der Waals surface area (Å²) in [6.45, 7) is 11.6. The van der Waals surface area contributed by atoms with Gasteiger partial charge in [-0.2, -0.15) is 0 Å². The fourth-order valence-corrected chi connectivity index (χ4v) is 4.94. The summed E-state index contributed by atoms with van der Waals surface area (Å²) in [6.07, 6.45) is 4.15. The minimum Gasteiger partial charge on any atom is -0.395 e. The molecule has 10 nitrogen and oxygen atoms in total. The van der Waals surface area contributed by atoms with E-state index in [9.17, 15) is 5.11 Å². The van der Waals surface area contributed by atoms with Crippen LogP contribution in [0.1, 0.15) is 37.6 Å². The van der Waals surface area contributed by atoms with Crippen LogP contribution in [0.5, 0.6) is 0 Å². The number of nitrogens with one attached hydrogen (secondary N) is 1. The van der Waals surface area contributed by atoms with Crippen molar-refractivity contribution in [3.63, 3.8) is 0 Å². The molecule has 0 unspecified atom stereocenters. The van der Waals surface area contributed by atoms with E-state index < -0.39 is 6.10 Å². The van der Waals surface area contributed by atoms with Gasteiger partial charge in [-0.3, -0.25) is 9.80 Å². The summed E-state index contributed by atoms with van der Waals surface area (Å²) in [6, 6.07) is 5.91. The van der Waals surface area contributed by atoms with Crippen LogP contribution < -0.4 is 10.2 Å². The second-order valence-electron chi connectivity index (χ2n) is 10.0.